The van der Waals surface area contributed by atoms with E-state index in [-0.39, 0.29) is 12.0 Å². The third-order valence-corrected chi connectivity index (χ3v) is 3.49. The monoisotopic (exact) mass is 254 g/mol. The Kier molecular flexibility index (Phi) is 3.44. The van der Waals surface area contributed by atoms with Gasteiger partial charge >= 0.3 is 0 Å². The Balaban J connectivity index is 1.72. The van der Waals surface area contributed by atoms with Crippen molar-refractivity contribution >= 4 is 5.95 Å². The molecule has 7 nitrogen and oxygen atoms in total. The van der Waals surface area contributed by atoms with E-state index in [2.05, 4.69) is 20.4 Å². The third kappa shape index (κ3) is 2.21. The van der Waals surface area contributed by atoms with E-state index < -0.39 is 0 Å². The maximum atomic E-state index is 5.45. The number of likely N-dealkylation sites (N-methyl/N-ethyl adjacent to an activating group) is 1. The van der Waals surface area contributed by atoms with Crippen LogP contribution >= 0.6 is 0 Å². The summed E-state index contributed by atoms with van der Waals surface area (Å²) in [5, 5.41) is 7.27. The van der Waals surface area contributed by atoms with E-state index >= 15 is 0 Å². The van der Waals surface area contributed by atoms with E-state index in [9.17, 15) is 0 Å². The van der Waals surface area contributed by atoms with E-state index in [4.69, 9.17) is 14.0 Å². The number of hydrogen-bond acceptors (Lipinski definition) is 7. The molecule has 0 radical (unpaired) electrons. The molecule has 2 atom stereocenters. The van der Waals surface area contributed by atoms with Gasteiger partial charge in [0.2, 0.25) is 5.89 Å². The Morgan fingerprint density at radius 1 is 1.22 bits per heavy atom. The summed E-state index contributed by atoms with van der Waals surface area (Å²) < 4.78 is 16.1. The molecule has 3 rings (SSSR count). The van der Waals surface area contributed by atoms with Gasteiger partial charge in [0.15, 0.2) is 0 Å². The van der Waals surface area contributed by atoms with Crippen LogP contribution in [0.25, 0.3) is 0 Å². The third-order valence-electron chi connectivity index (χ3n) is 3.49. The van der Waals surface area contributed by atoms with Gasteiger partial charge in [-0.15, -0.1) is 0 Å². The molecule has 2 saturated heterocycles. The highest BCUT2D eigenvalue weighted by Crippen LogP contribution is 2.25. The van der Waals surface area contributed by atoms with Gasteiger partial charge in [-0.2, -0.15) is 4.98 Å². The minimum absolute atomic E-state index is 0.150. The van der Waals surface area contributed by atoms with Gasteiger partial charge in [0.25, 0.3) is 5.95 Å². The molecular weight excluding hydrogens is 236 g/mol. The van der Waals surface area contributed by atoms with Crippen molar-refractivity contribution in [1.82, 2.24) is 15.5 Å². The van der Waals surface area contributed by atoms with Gasteiger partial charge in [-0.25, -0.2) is 0 Å². The lowest BCUT2D eigenvalue weighted by molar-refractivity contribution is 0.121. The van der Waals surface area contributed by atoms with Crippen LogP contribution in [0.3, 0.4) is 0 Å². The molecule has 2 unspecified atom stereocenters. The summed E-state index contributed by atoms with van der Waals surface area (Å²) in [5.74, 6) is 1.47. The van der Waals surface area contributed by atoms with Crippen molar-refractivity contribution in [3.05, 3.63) is 5.89 Å². The van der Waals surface area contributed by atoms with Gasteiger partial charge < -0.3 is 24.2 Å². The highest BCUT2D eigenvalue weighted by atomic mass is 16.5. The SMILES string of the molecule is CNC1COCC1c1nc(N2CCOCC2)no1. The Hall–Kier alpha value is -1.18. The minimum Gasteiger partial charge on any atom is -0.379 e. The van der Waals surface area contributed by atoms with Crippen molar-refractivity contribution in [3.8, 4) is 0 Å². The number of rotatable bonds is 3. The van der Waals surface area contributed by atoms with Crippen LogP contribution in [-0.4, -0.2) is 62.7 Å². The van der Waals surface area contributed by atoms with Crippen LogP contribution in [0.15, 0.2) is 4.52 Å². The van der Waals surface area contributed by atoms with Crippen molar-refractivity contribution in [2.45, 2.75) is 12.0 Å². The van der Waals surface area contributed by atoms with Crippen molar-refractivity contribution < 1.29 is 14.0 Å². The quantitative estimate of drug-likeness (QED) is 0.787. The van der Waals surface area contributed by atoms with Crippen molar-refractivity contribution in [2.24, 2.45) is 0 Å². The zero-order valence-corrected chi connectivity index (χ0v) is 10.5. The fourth-order valence-corrected chi connectivity index (χ4v) is 2.35. The Labute approximate surface area is 105 Å². The highest BCUT2D eigenvalue weighted by molar-refractivity contribution is 5.28. The Bertz CT molecular complexity index is 391. The summed E-state index contributed by atoms with van der Waals surface area (Å²) in [7, 11) is 1.92. The molecule has 0 spiro atoms. The molecule has 0 amide bonds. The second kappa shape index (κ2) is 5.21. The molecule has 0 aromatic carbocycles. The maximum absolute atomic E-state index is 5.45. The summed E-state index contributed by atoms with van der Waals surface area (Å²) in [6, 6.07) is 0.253. The molecule has 1 N–H and O–H groups in total. The number of anilines is 1. The molecule has 2 fully saturated rings. The van der Waals surface area contributed by atoms with Crippen LogP contribution in [0, 0.1) is 0 Å². The van der Waals surface area contributed by atoms with E-state index in [0.717, 1.165) is 26.3 Å². The van der Waals surface area contributed by atoms with E-state index in [1.165, 1.54) is 0 Å². The van der Waals surface area contributed by atoms with Gasteiger partial charge in [-0.1, -0.05) is 0 Å². The van der Waals surface area contributed by atoms with Crippen LogP contribution < -0.4 is 10.2 Å². The largest absolute Gasteiger partial charge is 0.379 e. The van der Waals surface area contributed by atoms with Gasteiger partial charge in [-0.3, -0.25) is 0 Å². The maximum Gasteiger partial charge on any atom is 0.266 e. The molecule has 0 bridgehead atoms. The van der Waals surface area contributed by atoms with Crippen LogP contribution in [0.5, 0.6) is 0 Å². The zero-order chi connectivity index (χ0) is 12.4. The normalized spacial score (nSPS) is 28.8. The van der Waals surface area contributed by atoms with Crippen LogP contribution in [0.1, 0.15) is 11.8 Å². The molecule has 0 saturated carbocycles. The van der Waals surface area contributed by atoms with Crippen LogP contribution in [0.2, 0.25) is 0 Å². The van der Waals surface area contributed by atoms with Crippen molar-refractivity contribution in [2.75, 3.05) is 51.5 Å². The fourth-order valence-electron chi connectivity index (χ4n) is 2.35. The summed E-state index contributed by atoms with van der Waals surface area (Å²) in [6.07, 6.45) is 0. The van der Waals surface area contributed by atoms with E-state index in [1.54, 1.807) is 0 Å². The average molecular weight is 254 g/mol. The molecule has 3 heterocycles. The smallest absolute Gasteiger partial charge is 0.266 e. The Morgan fingerprint density at radius 2 is 2.06 bits per heavy atom. The summed E-state index contributed by atoms with van der Waals surface area (Å²) in [6.45, 7) is 4.39. The first kappa shape index (κ1) is 11.9. The molecule has 0 aliphatic carbocycles. The predicted octanol–water partition coefficient (Wildman–Crippen LogP) is -0.392. The molecule has 2 aliphatic heterocycles. The van der Waals surface area contributed by atoms with E-state index in [1.807, 2.05) is 7.05 Å². The highest BCUT2D eigenvalue weighted by Gasteiger charge is 2.33. The molecule has 1 aromatic heterocycles. The number of hydrogen-bond donors (Lipinski definition) is 1. The summed E-state index contributed by atoms with van der Waals surface area (Å²) in [4.78, 5) is 6.57. The molecular formula is C11H18N4O3. The molecule has 2 aliphatic rings. The number of aromatic nitrogens is 2. The first-order chi connectivity index (χ1) is 8.88. The van der Waals surface area contributed by atoms with Gasteiger partial charge in [0.1, 0.15) is 0 Å². The average Bonchev–Trinajstić information content (AvgIpc) is 3.08. The van der Waals surface area contributed by atoms with Crippen molar-refractivity contribution in [1.29, 1.82) is 0 Å². The lowest BCUT2D eigenvalue weighted by Crippen LogP contribution is -2.37. The number of nitrogens with one attached hydrogen (secondary N) is 1. The molecule has 100 valence electrons. The van der Waals surface area contributed by atoms with Gasteiger partial charge in [-0.05, 0) is 12.2 Å². The zero-order valence-electron chi connectivity index (χ0n) is 10.5. The van der Waals surface area contributed by atoms with Gasteiger partial charge in [0.05, 0.1) is 32.3 Å². The minimum atomic E-state index is 0.150. The topological polar surface area (TPSA) is 72.7 Å². The number of morpholine rings is 1. The van der Waals surface area contributed by atoms with Gasteiger partial charge in [0, 0.05) is 19.1 Å². The van der Waals surface area contributed by atoms with Crippen LogP contribution in [0.4, 0.5) is 5.95 Å². The predicted molar refractivity (Wildman–Crippen MR) is 63.7 cm³/mol. The first-order valence-electron chi connectivity index (χ1n) is 6.30. The molecule has 18 heavy (non-hydrogen) atoms. The number of nitrogens with zero attached hydrogens (tertiary/aromatic N) is 3. The fraction of sp³-hybridized carbons (Fsp3) is 0.818. The molecule has 1 aromatic rings. The number of ether oxygens (including phenoxy) is 2. The second-order valence-corrected chi connectivity index (χ2v) is 4.57. The second-order valence-electron chi connectivity index (χ2n) is 4.57. The van der Waals surface area contributed by atoms with Crippen molar-refractivity contribution in [3.63, 3.8) is 0 Å². The lowest BCUT2D eigenvalue weighted by atomic mass is 10.0. The summed E-state index contributed by atoms with van der Waals surface area (Å²) >= 11 is 0. The lowest BCUT2D eigenvalue weighted by Gasteiger charge is -2.24. The standard InChI is InChI=1S/C11H18N4O3/c1-12-9-7-17-6-8(9)10-13-11(14-18-10)15-2-4-16-5-3-15/h8-9,12H,2-7H2,1H3. The van der Waals surface area contributed by atoms with E-state index in [0.29, 0.717) is 25.1 Å². The van der Waals surface area contributed by atoms with Crippen LogP contribution in [-0.2, 0) is 9.47 Å². The Morgan fingerprint density at radius 3 is 2.83 bits per heavy atom. The molecule has 7 heteroatoms. The first-order valence-corrected chi connectivity index (χ1v) is 6.30. The summed E-state index contributed by atoms with van der Waals surface area (Å²) in [5.41, 5.74) is 0.